The van der Waals surface area contributed by atoms with Gasteiger partial charge in [0.2, 0.25) is 0 Å². The zero-order chi connectivity index (χ0) is 33.0. The van der Waals surface area contributed by atoms with Crippen molar-refractivity contribution >= 4 is 0 Å². The minimum atomic E-state index is -1.19. The molecule has 0 radical (unpaired) electrons. The molecular formula is C35H60O10. The number of methoxy groups -OCH3 is 1. The lowest BCUT2D eigenvalue weighted by Gasteiger charge is -2.63. The van der Waals surface area contributed by atoms with E-state index in [1.807, 2.05) is 0 Å². The van der Waals surface area contributed by atoms with Gasteiger partial charge in [-0.25, -0.2) is 0 Å². The summed E-state index contributed by atoms with van der Waals surface area (Å²) in [6.07, 6.45) is 0.467. The molecule has 5 aliphatic rings. The first-order valence-corrected chi connectivity index (χ1v) is 17.4. The van der Waals surface area contributed by atoms with Crippen LogP contribution in [0.5, 0.6) is 0 Å². The molecule has 4 aliphatic carbocycles. The number of hydrogen-bond acceptors (Lipinski definition) is 10. The Morgan fingerprint density at radius 2 is 1.49 bits per heavy atom. The number of hydrogen-bond donors (Lipinski definition) is 7. The van der Waals surface area contributed by atoms with Gasteiger partial charge in [0.1, 0.15) is 18.3 Å². The summed E-state index contributed by atoms with van der Waals surface area (Å²) in [5.41, 5.74) is -0.642. The van der Waals surface area contributed by atoms with Crippen LogP contribution < -0.4 is 0 Å². The minimum Gasteiger partial charge on any atom is -0.393 e. The van der Waals surface area contributed by atoms with Gasteiger partial charge in [0, 0.05) is 13.0 Å². The van der Waals surface area contributed by atoms with Gasteiger partial charge in [-0.1, -0.05) is 46.8 Å². The van der Waals surface area contributed by atoms with Gasteiger partial charge in [-0.3, -0.25) is 0 Å². The number of rotatable bonds is 9. The SMILES string of the molecule is CO[C@@H]1CO[C@@H](OCC[C@H](/C=C/[C@@H](C)[C@H]2[C@@H](O)[C@@H](O)[C@H]3[C@@H]4C[C@H](O)[C@H]5[C@@H](O)[C@@H](O)CC[C@]5(C)[C@H]4CC[C@]23C)C(C)C)[C@H](O)[C@H]1O. The largest absolute Gasteiger partial charge is 0.393 e. The van der Waals surface area contributed by atoms with E-state index in [0.717, 1.165) is 19.3 Å². The van der Waals surface area contributed by atoms with E-state index in [4.69, 9.17) is 14.2 Å². The molecule has 5 rings (SSSR count). The van der Waals surface area contributed by atoms with Crippen LogP contribution in [0.1, 0.15) is 73.1 Å². The van der Waals surface area contributed by atoms with Crippen molar-refractivity contribution < 1.29 is 50.0 Å². The summed E-state index contributed by atoms with van der Waals surface area (Å²) in [4.78, 5) is 0. The molecule has 0 aromatic heterocycles. The first-order chi connectivity index (χ1) is 21.2. The van der Waals surface area contributed by atoms with E-state index in [9.17, 15) is 35.7 Å². The molecular weight excluding hydrogens is 580 g/mol. The molecule has 7 N–H and O–H groups in total. The molecule has 0 unspecified atom stereocenters. The van der Waals surface area contributed by atoms with Gasteiger partial charge in [0.05, 0.1) is 43.7 Å². The fourth-order valence-electron chi connectivity index (χ4n) is 11.0. The maximum absolute atomic E-state index is 11.6. The highest BCUT2D eigenvalue weighted by molar-refractivity contribution is 5.18. The smallest absolute Gasteiger partial charge is 0.186 e. The lowest BCUT2D eigenvalue weighted by Crippen LogP contribution is -2.63. The summed E-state index contributed by atoms with van der Waals surface area (Å²) in [6, 6.07) is 0. The highest BCUT2D eigenvalue weighted by atomic mass is 16.7. The number of allylic oxidation sites excluding steroid dienone is 2. The van der Waals surface area contributed by atoms with Gasteiger partial charge in [-0.15, -0.1) is 0 Å². The van der Waals surface area contributed by atoms with Gasteiger partial charge in [0.25, 0.3) is 0 Å². The van der Waals surface area contributed by atoms with Crippen LogP contribution in [0.2, 0.25) is 0 Å². The second-order valence-corrected chi connectivity index (χ2v) is 16.0. The normalized spacial score (nSPS) is 51.5. The third-order valence-electron chi connectivity index (χ3n) is 13.4. The van der Waals surface area contributed by atoms with Crippen molar-refractivity contribution in [2.45, 2.75) is 128 Å². The predicted molar refractivity (Wildman–Crippen MR) is 167 cm³/mol. The Balaban J connectivity index is 1.26. The predicted octanol–water partition coefficient (Wildman–Crippen LogP) is 1.85. The zero-order valence-corrected chi connectivity index (χ0v) is 28.0. The molecule has 45 heavy (non-hydrogen) atoms. The third-order valence-corrected chi connectivity index (χ3v) is 13.4. The van der Waals surface area contributed by atoms with Crippen molar-refractivity contribution in [1.82, 2.24) is 0 Å². The molecule has 0 amide bonds. The van der Waals surface area contributed by atoms with Crippen LogP contribution in [0.4, 0.5) is 0 Å². The van der Waals surface area contributed by atoms with Crippen molar-refractivity contribution in [3.63, 3.8) is 0 Å². The maximum atomic E-state index is 11.6. The quantitative estimate of drug-likeness (QED) is 0.185. The first-order valence-electron chi connectivity index (χ1n) is 17.4. The molecule has 1 heterocycles. The average Bonchev–Trinajstić information content (AvgIpc) is 3.19. The zero-order valence-electron chi connectivity index (χ0n) is 28.0. The van der Waals surface area contributed by atoms with Crippen molar-refractivity contribution in [2.24, 2.45) is 58.2 Å². The lowest BCUT2D eigenvalue weighted by molar-refractivity contribution is -0.273. The van der Waals surface area contributed by atoms with Crippen molar-refractivity contribution in [1.29, 1.82) is 0 Å². The molecule has 0 spiro atoms. The molecule has 4 saturated carbocycles. The molecule has 0 bridgehead atoms. The maximum Gasteiger partial charge on any atom is 0.186 e. The summed E-state index contributed by atoms with van der Waals surface area (Å²) >= 11 is 0. The summed E-state index contributed by atoms with van der Waals surface area (Å²) < 4.78 is 16.6. The lowest BCUT2D eigenvalue weighted by atomic mass is 9.43. The standard InChI is InChI=1S/C35H60O10/c1-17(2)19(11-14-44-33-32(42)29(39)24(43-6)16-45-33)8-7-18(3)25-30(40)31(41)26-20-15-23(37)27-28(38)22(36)10-13-34(27,4)21(20)9-12-35(25,26)5/h7-8,17-33,36-42H,9-16H2,1-6H3/b8-7+/t18-,19+,20-,21+,22+,23+,24-,25+,26-,27+,28+,29+,30-,31+,32-,33-,34-,35-/m1/s1. The van der Waals surface area contributed by atoms with Crippen LogP contribution in [-0.4, -0.2) is 111 Å². The fourth-order valence-corrected chi connectivity index (χ4v) is 11.0. The average molecular weight is 641 g/mol. The molecule has 1 aliphatic heterocycles. The number of ether oxygens (including phenoxy) is 3. The van der Waals surface area contributed by atoms with E-state index < -0.39 is 55.1 Å². The highest BCUT2D eigenvalue weighted by Gasteiger charge is 2.68. The van der Waals surface area contributed by atoms with Crippen LogP contribution in [0.25, 0.3) is 0 Å². The summed E-state index contributed by atoms with van der Waals surface area (Å²) in [5, 5.41) is 76.5. The number of aliphatic hydroxyl groups is 7. The number of aliphatic hydroxyl groups excluding tert-OH is 7. The van der Waals surface area contributed by atoms with Gasteiger partial charge in [-0.2, -0.15) is 0 Å². The Hall–Kier alpha value is -0.660. The van der Waals surface area contributed by atoms with E-state index in [1.54, 1.807) is 0 Å². The van der Waals surface area contributed by atoms with Crippen LogP contribution in [0, 0.1) is 58.2 Å². The Morgan fingerprint density at radius 3 is 2.16 bits per heavy atom. The second-order valence-electron chi connectivity index (χ2n) is 16.0. The van der Waals surface area contributed by atoms with E-state index in [1.165, 1.54) is 7.11 Å². The Bertz CT molecular complexity index is 1020. The van der Waals surface area contributed by atoms with Gasteiger partial charge in [-0.05, 0) is 90.8 Å². The Kier molecular flexibility index (Phi) is 10.8. The summed E-state index contributed by atoms with van der Waals surface area (Å²) in [6.45, 7) is 11.3. The van der Waals surface area contributed by atoms with E-state index in [2.05, 4.69) is 46.8 Å². The van der Waals surface area contributed by atoms with Gasteiger partial charge in [0.15, 0.2) is 6.29 Å². The van der Waals surface area contributed by atoms with E-state index >= 15 is 0 Å². The van der Waals surface area contributed by atoms with E-state index in [0.29, 0.717) is 31.8 Å². The minimum absolute atomic E-state index is 0.00325. The van der Waals surface area contributed by atoms with Crippen LogP contribution >= 0.6 is 0 Å². The monoisotopic (exact) mass is 640 g/mol. The molecule has 1 saturated heterocycles. The van der Waals surface area contributed by atoms with Crippen LogP contribution in [-0.2, 0) is 14.2 Å². The Labute approximate surface area is 268 Å². The second kappa shape index (κ2) is 13.7. The molecule has 18 atom stereocenters. The summed E-state index contributed by atoms with van der Waals surface area (Å²) in [7, 11) is 1.47. The Morgan fingerprint density at radius 1 is 0.800 bits per heavy atom. The number of fused-ring (bicyclic) bond motifs is 5. The molecule has 260 valence electrons. The molecule has 5 fully saturated rings. The fraction of sp³-hybridized carbons (Fsp3) is 0.943. The molecule has 0 aromatic carbocycles. The topological polar surface area (TPSA) is 169 Å². The molecule has 10 nitrogen and oxygen atoms in total. The first kappa shape index (κ1) is 35.6. The third kappa shape index (κ3) is 6.20. The van der Waals surface area contributed by atoms with Crippen molar-refractivity contribution in [3.05, 3.63) is 12.2 Å². The van der Waals surface area contributed by atoms with Crippen molar-refractivity contribution in [3.8, 4) is 0 Å². The highest BCUT2D eigenvalue weighted by Crippen LogP contribution is 2.68. The van der Waals surface area contributed by atoms with Gasteiger partial charge >= 0.3 is 0 Å². The van der Waals surface area contributed by atoms with Crippen LogP contribution in [0.3, 0.4) is 0 Å². The molecule has 10 heteroatoms. The van der Waals surface area contributed by atoms with Crippen molar-refractivity contribution in [2.75, 3.05) is 20.3 Å². The van der Waals surface area contributed by atoms with Crippen LogP contribution in [0.15, 0.2) is 12.2 Å². The van der Waals surface area contributed by atoms with E-state index in [-0.39, 0.29) is 58.9 Å². The summed E-state index contributed by atoms with van der Waals surface area (Å²) in [5.74, 6) is 0.0269. The molecule has 0 aromatic rings. The van der Waals surface area contributed by atoms with Gasteiger partial charge < -0.3 is 50.0 Å².